The summed E-state index contributed by atoms with van der Waals surface area (Å²) in [6.45, 7) is 9.76. The van der Waals surface area contributed by atoms with E-state index < -0.39 is 0 Å². The predicted molar refractivity (Wildman–Crippen MR) is 94.7 cm³/mol. The van der Waals surface area contributed by atoms with Gasteiger partial charge >= 0.3 is 0 Å². The molecule has 0 atom stereocenters. The molecule has 2 heterocycles. The van der Waals surface area contributed by atoms with Gasteiger partial charge < -0.3 is 10.1 Å². The maximum atomic E-state index is 12.7. The number of aryl methyl sites for hydroxylation is 1. The number of ketones is 2. The Hall–Kier alpha value is -1.46. The van der Waals surface area contributed by atoms with Gasteiger partial charge in [0.1, 0.15) is 0 Å². The number of likely N-dealkylation sites (tertiary alicyclic amines) is 1. The molecule has 1 aliphatic heterocycles. The molecule has 5 heteroatoms. The van der Waals surface area contributed by atoms with Gasteiger partial charge in [-0.1, -0.05) is 13.8 Å². The summed E-state index contributed by atoms with van der Waals surface area (Å²) >= 11 is 0. The number of hydrogen-bond donors (Lipinski definition) is 2. The van der Waals surface area contributed by atoms with Crippen LogP contribution in [0.15, 0.2) is 0 Å². The van der Waals surface area contributed by atoms with Crippen molar-refractivity contribution in [3.8, 4) is 0 Å². The molecule has 1 fully saturated rings. The number of piperidine rings is 1. The molecule has 1 aromatic rings. The molecule has 24 heavy (non-hydrogen) atoms. The molecule has 0 radical (unpaired) electrons. The molecule has 1 aromatic heterocycles. The smallest absolute Gasteiger partial charge is 0.193 e. The van der Waals surface area contributed by atoms with E-state index in [1.807, 2.05) is 13.8 Å². The van der Waals surface area contributed by atoms with E-state index in [4.69, 9.17) is 0 Å². The van der Waals surface area contributed by atoms with Crippen LogP contribution in [0.25, 0.3) is 0 Å². The van der Waals surface area contributed by atoms with E-state index in [2.05, 4.69) is 16.8 Å². The zero-order valence-electron chi connectivity index (χ0n) is 15.4. The number of carbonyl (C=O) groups excluding carboxylic acids is 2. The summed E-state index contributed by atoms with van der Waals surface area (Å²) in [6.07, 6.45) is 3.50. The van der Waals surface area contributed by atoms with Gasteiger partial charge in [0, 0.05) is 17.9 Å². The summed E-state index contributed by atoms with van der Waals surface area (Å²) in [5.41, 5.74) is 2.92. The first-order valence-electron chi connectivity index (χ1n) is 8.96. The number of aliphatic hydroxyl groups is 1. The molecule has 5 nitrogen and oxygen atoms in total. The third-order valence-electron chi connectivity index (χ3n) is 5.64. The third-order valence-corrected chi connectivity index (χ3v) is 5.64. The number of aromatic nitrogens is 1. The zero-order valence-corrected chi connectivity index (χ0v) is 15.4. The number of hydrogen-bond acceptors (Lipinski definition) is 4. The molecule has 2 N–H and O–H groups in total. The van der Waals surface area contributed by atoms with E-state index in [0.29, 0.717) is 24.2 Å². The minimum atomic E-state index is 0.00768. The number of nitrogens with one attached hydrogen (secondary N) is 1. The van der Waals surface area contributed by atoms with Crippen molar-refractivity contribution in [3.05, 3.63) is 22.5 Å². The Balaban J connectivity index is 2.09. The van der Waals surface area contributed by atoms with Crippen molar-refractivity contribution in [1.29, 1.82) is 0 Å². The molecule has 0 saturated carbocycles. The van der Waals surface area contributed by atoms with E-state index in [-0.39, 0.29) is 23.6 Å². The fourth-order valence-electron chi connectivity index (χ4n) is 3.84. The van der Waals surface area contributed by atoms with Crippen LogP contribution < -0.4 is 0 Å². The molecule has 0 spiro atoms. The van der Waals surface area contributed by atoms with Gasteiger partial charge in [0.25, 0.3) is 0 Å². The van der Waals surface area contributed by atoms with E-state index in [0.717, 1.165) is 43.6 Å². The minimum Gasteiger partial charge on any atom is -0.396 e. The maximum absolute atomic E-state index is 12.7. The van der Waals surface area contributed by atoms with Crippen molar-refractivity contribution in [2.24, 2.45) is 5.41 Å². The van der Waals surface area contributed by atoms with Crippen molar-refractivity contribution in [1.82, 2.24) is 9.88 Å². The standard InChI is InChI=1S/C19H30N2O3/c1-5-15-17(14(4)23)13(3)20-18(15)16(24)11-21-9-7-19(6-2,12-22)8-10-21/h20,22H,5-12H2,1-4H3. The van der Waals surface area contributed by atoms with Crippen LogP contribution in [0.5, 0.6) is 0 Å². The Morgan fingerprint density at radius 1 is 1.25 bits per heavy atom. The summed E-state index contributed by atoms with van der Waals surface area (Å²) in [5, 5.41) is 9.62. The van der Waals surface area contributed by atoms with Gasteiger partial charge in [-0.05, 0) is 63.6 Å². The fourth-order valence-corrected chi connectivity index (χ4v) is 3.84. The Bertz CT molecular complexity index is 604. The number of rotatable bonds is 7. The number of nitrogens with zero attached hydrogens (tertiary/aromatic N) is 1. The maximum Gasteiger partial charge on any atom is 0.193 e. The number of H-pyrrole nitrogens is 1. The van der Waals surface area contributed by atoms with Crippen molar-refractivity contribution >= 4 is 11.6 Å². The average Bonchev–Trinajstić information content (AvgIpc) is 2.92. The zero-order chi connectivity index (χ0) is 17.9. The summed E-state index contributed by atoms with van der Waals surface area (Å²) < 4.78 is 0. The number of aromatic amines is 1. The highest BCUT2D eigenvalue weighted by atomic mass is 16.3. The Morgan fingerprint density at radius 2 is 1.88 bits per heavy atom. The second kappa shape index (κ2) is 7.62. The van der Waals surface area contributed by atoms with Gasteiger partial charge in [0.2, 0.25) is 0 Å². The van der Waals surface area contributed by atoms with E-state index in [1.54, 1.807) is 6.92 Å². The first kappa shape index (κ1) is 18.9. The molecule has 0 aromatic carbocycles. The highest BCUT2D eigenvalue weighted by Crippen LogP contribution is 2.34. The summed E-state index contributed by atoms with van der Waals surface area (Å²) in [6, 6.07) is 0. The van der Waals surface area contributed by atoms with Gasteiger partial charge in [-0.15, -0.1) is 0 Å². The Morgan fingerprint density at radius 3 is 2.33 bits per heavy atom. The third kappa shape index (κ3) is 3.62. The second-order valence-corrected chi connectivity index (χ2v) is 7.10. The lowest BCUT2D eigenvalue weighted by molar-refractivity contribution is 0.0399. The van der Waals surface area contributed by atoms with E-state index in [9.17, 15) is 14.7 Å². The first-order chi connectivity index (χ1) is 11.4. The van der Waals surface area contributed by atoms with Crippen LogP contribution in [0.3, 0.4) is 0 Å². The monoisotopic (exact) mass is 334 g/mol. The molecule has 0 unspecified atom stereocenters. The van der Waals surface area contributed by atoms with Crippen LogP contribution in [0.2, 0.25) is 0 Å². The lowest BCUT2D eigenvalue weighted by atomic mass is 9.77. The fraction of sp³-hybridized carbons (Fsp3) is 0.684. The number of Topliss-reactive ketones (excluding diaryl/α,β-unsaturated/α-hetero) is 2. The first-order valence-corrected chi connectivity index (χ1v) is 8.96. The minimum absolute atomic E-state index is 0.00768. The van der Waals surface area contributed by atoms with Gasteiger partial charge in [-0.25, -0.2) is 0 Å². The Kier molecular flexibility index (Phi) is 5.99. The van der Waals surface area contributed by atoms with E-state index in [1.165, 1.54) is 0 Å². The van der Waals surface area contributed by atoms with Gasteiger partial charge in [-0.2, -0.15) is 0 Å². The second-order valence-electron chi connectivity index (χ2n) is 7.10. The molecule has 0 aliphatic carbocycles. The van der Waals surface area contributed by atoms with Crippen LogP contribution in [-0.2, 0) is 6.42 Å². The molecular formula is C19H30N2O3. The average molecular weight is 334 g/mol. The molecule has 1 saturated heterocycles. The highest BCUT2D eigenvalue weighted by Gasteiger charge is 2.33. The Labute approximate surface area is 144 Å². The van der Waals surface area contributed by atoms with Crippen LogP contribution >= 0.6 is 0 Å². The van der Waals surface area contributed by atoms with Gasteiger partial charge in [-0.3, -0.25) is 14.5 Å². The predicted octanol–water partition coefficient (Wildman–Crippen LogP) is 2.76. The lowest BCUT2D eigenvalue weighted by Crippen LogP contribution is -2.43. The van der Waals surface area contributed by atoms with Crippen molar-refractivity contribution < 1.29 is 14.7 Å². The van der Waals surface area contributed by atoms with Crippen LogP contribution in [0.1, 0.15) is 72.1 Å². The van der Waals surface area contributed by atoms with Crippen LogP contribution in [0.4, 0.5) is 0 Å². The normalized spacial score (nSPS) is 17.9. The molecule has 1 aliphatic rings. The summed E-state index contributed by atoms with van der Waals surface area (Å²) in [4.78, 5) is 29.9. The topological polar surface area (TPSA) is 73.4 Å². The van der Waals surface area contributed by atoms with Gasteiger partial charge in [0.05, 0.1) is 12.2 Å². The van der Waals surface area contributed by atoms with Crippen LogP contribution in [-0.4, -0.2) is 52.8 Å². The van der Waals surface area contributed by atoms with Crippen molar-refractivity contribution in [3.63, 3.8) is 0 Å². The number of carbonyl (C=O) groups is 2. The number of aliphatic hydroxyl groups excluding tert-OH is 1. The van der Waals surface area contributed by atoms with Gasteiger partial charge in [0.15, 0.2) is 11.6 Å². The summed E-state index contributed by atoms with van der Waals surface area (Å²) in [5.74, 6) is 0.0590. The van der Waals surface area contributed by atoms with Crippen molar-refractivity contribution in [2.75, 3.05) is 26.2 Å². The molecular weight excluding hydrogens is 304 g/mol. The molecule has 2 rings (SSSR count). The SMILES string of the molecule is CCc1c(C(=O)CN2CCC(CC)(CO)CC2)[nH]c(C)c1C(C)=O. The highest BCUT2D eigenvalue weighted by molar-refractivity contribution is 6.04. The molecule has 0 amide bonds. The summed E-state index contributed by atoms with van der Waals surface area (Å²) in [7, 11) is 0. The van der Waals surface area contributed by atoms with Crippen LogP contribution in [0, 0.1) is 12.3 Å². The lowest BCUT2D eigenvalue weighted by Gasteiger charge is -2.40. The molecule has 134 valence electrons. The molecule has 0 bridgehead atoms. The van der Waals surface area contributed by atoms with Crippen molar-refractivity contribution in [2.45, 2.75) is 53.4 Å². The largest absolute Gasteiger partial charge is 0.396 e. The van der Waals surface area contributed by atoms with E-state index >= 15 is 0 Å². The quantitative estimate of drug-likeness (QED) is 0.752.